The first-order valence-corrected chi connectivity index (χ1v) is 9.53. The predicted octanol–water partition coefficient (Wildman–Crippen LogP) is 3.31. The number of carbonyl (C=O) groups excluding carboxylic acids is 1. The van der Waals surface area contributed by atoms with Crippen molar-refractivity contribution in [2.24, 2.45) is 0 Å². The van der Waals surface area contributed by atoms with E-state index in [2.05, 4.69) is 16.8 Å². The van der Waals surface area contributed by atoms with Gasteiger partial charge in [-0.05, 0) is 30.8 Å². The van der Waals surface area contributed by atoms with Gasteiger partial charge in [0.2, 0.25) is 5.78 Å². The molecule has 2 heterocycles. The minimum absolute atomic E-state index is 0.146. The van der Waals surface area contributed by atoms with Gasteiger partial charge in [0.1, 0.15) is 11.5 Å². The molecule has 0 atom stereocenters. The van der Waals surface area contributed by atoms with Crippen molar-refractivity contribution in [2.75, 3.05) is 33.2 Å². The van der Waals surface area contributed by atoms with Crippen molar-refractivity contribution in [3.05, 3.63) is 77.1 Å². The van der Waals surface area contributed by atoms with Crippen LogP contribution in [-0.4, -0.2) is 53.9 Å². The number of benzene rings is 2. The van der Waals surface area contributed by atoms with Gasteiger partial charge in [-0.2, -0.15) is 0 Å². The lowest BCUT2D eigenvalue weighted by Gasteiger charge is -2.32. The molecule has 0 aliphatic carbocycles. The fourth-order valence-electron chi connectivity index (χ4n) is 3.50. The van der Waals surface area contributed by atoms with E-state index in [1.54, 1.807) is 18.2 Å². The average Bonchev–Trinajstić information content (AvgIpc) is 3.02. The molecular weight excluding hydrogens is 352 g/mol. The summed E-state index contributed by atoms with van der Waals surface area (Å²) in [6, 6.07) is 13.1. The molecule has 1 N–H and O–H groups in total. The van der Waals surface area contributed by atoms with Crippen LogP contribution < -0.4 is 4.74 Å². The number of ketones is 1. The molecule has 1 fully saturated rings. The Bertz CT molecular complexity index is 926. The number of rotatable bonds is 4. The molecule has 1 saturated heterocycles. The Labute approximate surface area is 165 Å². The topological polar surface area (TPSA) is 53.0 Å². The molecule has 2 aliphatic heterocycles. The third-order valence-corrected chi connectivity index (χ3v) is 5.23. The Morgan fingerprint density at radius 2 is 1.82 bits per heavy atom. The lowest BCUT2D eigenvalue weighted by atomic mass is 10.0. The van der Waals surface area contributed by atoms with E-state index in [9.17, 15) is 9.90 Å². The fourth-order valence-corrected chi connectivity index (χ4v) is 3.50. The van der Waals surface area contributed by atoms with Crippen LogP contribution in [0.5, 0.6) is 11.5 Å². The zero-order valence-electron chi connectivity index (χ0n) is 16.0. The third-order valence-electron chi connectivity index (χ3n) is 5.23. The smallest absolute Gasteiger partial charge is 0.231 e. The van der Waals surface area contributed by atoms with Crippen LogP contribution in [-0.2, 0) is 6.54 Å². The molecule has 144 valence electrons. The van der Waals surface area contributed by atoms with Crippen LogP contribution in [0, 0.1) is 0 Å². The summed E-state index contributed by atoms with van der Waals surface area (Å²) in [5.74, 6) is 0.801. The molecular formula is C23H24N2O3. The van der Waals surface area contributed by atoms with Crippen LogP contribution >= 0.6 is 0 Å². The highest BCUT2D eigenvalue weighted by molar-refractivity contribution is 6.12. The standard InChI is InChI=1S/C23H24N2O3/c1-24-12-14-25(15-13-24)16-19-20(26)11-10-18-22(27)21(28-23(18)19)9-5-8-17-6-3-2-4-7-17/h2-11,26H,12-16H2,1H3/b8-5+,21-9-. The molecule has 28 heavy (non-hydrogen) atoms. The van der Waals surface area contributed by atoms with Crippen molar-refractivity contribution in [3.8, 4) is 11.5 Å². The maximum atomic E-state index is 12.7. The second-order valence-electron chi connectivity index (χ2n) is 7.25. The molecule has 4 rings (SSSR count). The Balaban J connectivity index is 1.54. The van der Waals surface area contributed by atoms with Crippen molar-refractivity contribution in [2.45, 2.75) is 6.54 Å². The summed E-state index contributed by atoms with van der Waals surface area (Å²) in [6.07, 6.45) is 5.43. The average molecular weight is 376 g/mol. The number of carbonyl (C=O) groups is 1. The number of piperazine rings is 1. The van der Waals surface area contributed by atoms with Crippen LogP contribution in [0.15, 0.2) is 60.4 Å². The molecule has 0 bridgehead atoms. The third kappa shape index (κ3) is 3.86. The van der Waals surface area contributed by atoms with E-state index >= 15 is 0 Å². The van der Waals surface area contributed by atoms with Gasteiger partial charge in [0.15, 0.2) is 5.76 Å². The van der Waals surface area contributed by atoms with Gasteiger partial charge in [-0.3, -0.25) is 9.69 Å². The number of likely N-dealkylation sites (N-methyl/N-ethyl adjacent to an activating group) is 1. The number of Topliss-reactive ketones (excluding diaryl/α,β-unsaturated/α-hetero) is 1. The number of phenolic OH excluding ortho intramolecular Hbond substituents is 1. The summed E-state index contributed by atoms with van der Waals surface area (Å²) >= 11 is 0. The number of phenols is 1. The van der Waals surface area contributed by atoms with Crippen LogP contribution in [0.1, 0.15) is 21.5 Å². The van der Waals surface area contributed by atoms with Crippen molar-refractivity contribution in [1.82, 2.24) is 9.80 Å². The number of hydrogen-bond donors (Lipinski definition) is 1. The summed E-state index contributed by atoms with van der Waals surface area (Å²) in [5.41, 5.74) is 2.25. The van der Waals surface area contributed by atoms with Gasteiger partial charge in [-0.25, -0.2) is 0 Å². The monoisotopic (exact) mass is 376 g/mol. The molecule has 0 unspecified atom stereocenters. The van der Waals surface area contributed by atoms with E-state index in [1.807, 2.05) is 42.5 Å². The number of hydrogen-bond acceptors (Lipinski definition) is 5. The molecule has 5 nitrogen and oxygen atoms in total. The van der Waals surface area contributed by atoms with Crippen molar-refractivity contribution in [3.63, 3.8) is 0 Å². The minimum atomic E-state index is -0.146. The Hall–Kier alpha value is -2.89. The quantitative estimate of drug-likeness (QED) is 0.830. The number of nitrogens with zero attached hydrogens (tertiary/aromatic N) is 2. The molecule has 2 aromatic rings. The second kappa shape index (κ2) is 8.00. The number of fused-ring (bicyclic) bond motifs is 1. The van der Waals surface area contributed by atoms with Crippen LogP contribution in [0.25, 0.3) is 6.08 Å². The van der Waals surface area contributed by atoms with E-state index in [1.165, 1.54) is 0 Å². The van der Waals surface area contributed by atoms with Gasteiger partial charge in [-0.15, -0.1) is 0 Å². The molecule has 5 heteroatoms. The first kappa shape index (κ1) is 18.5. The molecule has 0 aromatic heterocycles. The lowest BCUT2D eigenvalue weighted by Crippen LogP contribution is -2.43. The number of aromatic hydroxyl groups is 1. The molecule has 0 saturated carbocycles. The number of allylic oxidation sites excluding steroid dienone is 3. The van der Waals surface area contributed by atoms with E-state index in [0.717, 1.165) is 31.7 Å². The normalized spacial score (nSPS) is 19.3. The summed E-state index contributed by atoms with van der Waals surface area (Å²) < 4.78 is 5.90. The van der Waals surface area contributed by atoms with E-state index in [4.69, 9.17) is 4.74 Å². The van der Waals surface area contributed by atoms with Crippen molar-refractivity contribution >= 4 is 11.9 Å². The van der Waals surface area contributed by atoms with E-state index in [-0.39, 0.29) is 17.3 Å². The van der Waals surface area contributed by atoms with Gasteiger partial charge in [0.25, 0.3) is 0 Å². The predicted molar refractivity (Wildman–Crippen MR) is 109 cm³/mol. The first-order chi connectivity index (χ1) is 13.6. The van der Waals surface area contributed by atoms with Gasteiger partial charge in [0, 0.05) is 32.7 Å². The van der Waals surface area contributed by atoms with Crippen LogP contribution in [0.4, 0.5) is 0 Å². The summed E-state index contributed by atoms with van der Waals surface area (Å²) in [5, 5.41) is 10.4. The maximum absolute atomic E-state index is 12.7. The van der Waals surface area contributed by atoms with E-state index in [0.29, 0.717) is 23.4 Å². The van der Waals surface area contributed by atoms with Gasteiger partial charge in [-0.1, -0.05) is 42.5 Å². The highest BCUT2D eigenvalue weighted by atomic mass is 16.5. The molecule has 0 amide bonds. The fraction of sp³-hybridized carbons (Fsp3) is 0.261. The van der Waals surface area contributed by atoms with Crippen molar-refractivity contribution in [1.29, 1.82) is 0 Å². The number of ether oxygens (including phenoxy) is 1. The largest absolute Gasteiger partial charge is 0.507 e. The lowest BCUT2D eigenvalue weighted by molar-refractivity contribution is 0.101. The molecule has 2 aliphatic rings. The molecule has 2 aromatic carbocycles. The summed E-state index contributed by atoms with van der Waals surface area (Å²) in [4.78, 5) is 17.3. The Kier molecular flexibility index (Phi) is 5.28. The highest BCUT2D eigenvalue weighted by Crippen LogP contribution is 2.39. The minimum Gasteiger partial charge on any atom is -0.507 e. The zero-order chi connectivity index (χ0) is 19.5. The molecule has 0 spiro atoms. The Morgan fingerprint density at radius 3 is 2.57 bits per heavy atom. The molecule has 0 radical (unpaired) electrons. The highest BCUT2D eigenvalue weighted by Gasteiger charge is 2.31. The summed E-state index contributed by atoms with van der Waals surface area (Å²) in [6.45, 7) is 4.41. The van der Waals surface area contributed by atoms with Gasteiger partial charge in [0.05, 0.1) is 11.1 Å². The van der Waals surface area contributed by atoms with Crippen molar-refractivity contribution < 1.29 is 14.6 Å². The Morgan fingerprint density at radius 1 is 1.07 bits per heavy atom. The SMILES string of the molecule is CN1CCN(Cc2c(O)ccc3c2O/C(=C\C=C\c2ccccc2)C3=O)CC1. The van der Waals surface area contributed by atoms with Gasteiger partial charge < -0.3 is 14.7 Å². The summed E-state index contributed by atoms with van der Waals surface area (Å²) in [7, 11) is 2.11. The second-order valence-corrected chi connectivity index (χ2v) is 7.25. The maximum Gasteiger partial charge on any atom is 0.231 e. The van der Waals surface area contributed by atoms with E-state index < -0.39 is 0 Å². The van der Waals surface area contributed by atoms with Crippen LogP contribution in [0.3, 0.4) is 0 Å². The first-order valence-electron chi connectivity index (χ1n) is 9.53. The zero-order valence-corrected chi connectivity index (χ0v) is 16.0. The van der Waals surface area contributed by atoms with Gasteiger partial charge >= 0.3 is 0 Å². The van der Waals surface area contributed by atoms with Crippen LogP contribution in [0.2, 0.25) is 0 Å².